The summed E-state index contributed by atoms with van der Waals surface area (Å²) in [6.07, 6.45) is -4.38. The third-order valence-corrected chi connectivity index (χ3v) is 4.74. The summed E-state index contributed by atoms with van der Waals surface area (Å²) in [6.45, 7) is 0. The minimum atomic E-state index is -4.38. The van der Waals surface area contributed by atoms with E-state index in [1.54, 1.807) is 18.2 Å². The van der Waals surface area contributed by atoms with Gasteiger partial charge in [0.05, 0.1) is 32.0 Å². The van der Waals surface area contributed by atoms with Crippen LogP contribution in [0.2, 0.25) is 5.02 Å². The molecule has 0 bridgehead atoms. The number of alkyl halides is 3. The molecule has 1 unspecified atom stereocenters. The van der Waals surface area contributed by atoms with Crippen LogP contribution in [0, 0.1) is 0 Å². The van der Waals surface area contributed by atoms with E-state index in [1.807, 2.05) is 0 Å². The van der Waals surface area contributed by atoms with Gasteiger partial charge in [0.1, 0.15) is 0 Å². The summed E-state index contributed by atoms with van der Waals surface area (Å²) < 4.78 is 49.6. The highest BCUT2D eigenvalue weighted by molar-refractivity contribution is 7.84. The van der Waals surface area contributed by atoms with Gasteiger partial charge in [0.15, 0.2) is 0 Å². The first-order valence-corrected chi connectivity index (χ1v) is 7.57. The largest absolute Gasteiger partial charge is 0.416 e. The van der Waals surface area contributed by atoms with Crippen molar-refractivity contribution in [3.63, 3.8) is 0 Å². The van der Waals surface area contributed by atoms with E-state index in [9.17, 15) is 17.4 Å². The normalized spacial score (nSPS) is 13.1. The smallest absolute Gasteiger partial charge is 0.398 e. The second kappa shape index (κ2) is 6.07. The fourth-order valence-electron chi connectivity index (χ4n) is 1.78. The number of anilines is 1. The Kier molecular flexibility index (Phi) is 4.58. The van der Waals surface area contributed by atoms with Crippen molar-refractivity contribution < 1.29 is 17.4 Å². The molecule has 0 radical (unpaired) electrons. The van der Waals surface area contributed by atoms with Crippen molar-refractivity contribution in [2.45, 2.75) is 16.8 Å². The van der Waals surface area contributed by atoms with Gasteiger partial charge in [0.25, 0.3) is 0 Å². The van der Waals surface area contributed by atoms with E-state index in [0.29, 0.717) is 16.1 Å². The van der Waals surface area contributed by atoms with Crippen LogP contribution < -0.4 is 5.73 Å². The lowest BCUT2D eigenvalue weighted by Gasteiger charge is -2.09. The Morgan fingerprint density at radius 3 is 2.24 bits per heavy atom. The molecule has 2 nitrogen and oxygen atoms in total. The van der Waals surface area contributed by atoms with Gasteiger partial charge in [0, 0.05) is 5.69 Å². The topological polar surface area (TPSA) is 43.1 Å². The van der Waals surface area contributed by atoms with E-state index >= 15 is 0 Å². The van der Waals surface area contributed by atoms with Crippen LogP contribution in [-0.4, -0.2) is 4.21 Å². The molecule has 0 aliphatic rings. The monoisotopic (exact) mass is 333 g/mol. The molecule has 0 aliphatic heterocycles. The third-order valence-electron chi connectivity index (χ3n) is 2.80. The fraction of sp³-hybridized carbons (Fsp3) is 0.143. The number of rotatable bonds is 3. The molecule has 2 rings (SSSR count). The predicted octanol–water partition coefficient (Wildman–Crippen LogP) is 4.25. The molecular weight excluding hydrogens is 323 g/mol. The molecule has 2 N–H and O–H groups in total. The zero-order chi connectivity index (χ0) is 15.6. The molecule has 2 aromatic rings. The number of hydrogen-bond acceptors (Lipinski definition) is 2. The molecule has 1 atom stereocenters. The van der Waals surface area contributed by atoms with Gasteiger partial charge in [-0.05, 0) is 29.8 Å². The SMILES string of the molecule is Nc1cccc(Cl)c1S(=O)Cc1ccc(C(F)(F)F)cc1. The second-order valence-corrected chi connectivity index (χ2v) is 6.14. The first kappa shape index (κ1) is 15.9. The van der Waals surface area contributed by atoms with Gasteiger partial charge < -0.3 is 5.73 Å². The molecule has 0 saturated heterocycles. The van der Waals surface area contributed by atoms with Crippen molar-refractivity contribution in [3.8, 4) is 0 Å². The Labute approximate surface area is 127 Å². The van der Waals surface area contributed by atoms with Crippen LogP contribution in [-0.2, 0) is 22.7 Å². The average molecular weight is 334 g/mol. The van der Waals surface area contributed by atoms with E-state index in [4.69, 9.17) is 17.3 Å². The van der Waals surface area contributed by atoms with Crippen molar-refractivity contribution >= 4 is 28.1 Å². The van der Waals surface area contributed by atoms with E-state index in [2.05, 4.69) is 0 Å². The van der Waals surface area contributed by atoms with Crippen LogP contribution in [0.3, 0.4) is 0 Å². The number of nitrogen functional groups attached to an aromatic ring is 1. The summed E-state index contributed by atoms with van der Waals surface area (Å²) in [5, 5.41) is 0.278. The van der Waals surface area contributed by atoms with Gasteiger partial charge in [-0.25, -0.2) is 0 Å². The molecule has 0 spiro atoms. The maximum absolute atomic E-state index is 12.5. The lowest BCUT2D eigenvalue weighted by molar-refractivity contribution is -0.137. The second-order valence-electron chi connectivity index (χ2n) is 4.34. The van der Waals surface area contributed by atoms with Crippen molar-refractivity contribution in [1.29, 1.82) is 0 Å². The van der Waals surface area contributed by atoms with Crippen LogP contribution in [0.1, 0.15) is 11.1 Å². The van der Waals surface area contributed by atoms with Crippen molar-refractivity contribution in [2.75, 3.05) is 5.73 Å². The third kappa shape index (κ3) is 3.77. The molecule has 7 heteroatoms. The summed E-state index contributed by atoms with van der Waals surface area (Å²) in [5.41, 5.74) is 5.80. The van der Waals surface area contributed by atoms with Gasteiger partial charge in [-0.1, -0.05) is 29.8 Å². The molecule has 0 amide bonds. The van der Waals surface area contributed by atoms with Gasteiger partial charge in [-0.3, -0.25) is 4.21 Å². The van der Waals surface area contributed by atoms with Crippen molar-refractivity contribution in [1.82, 2.24) is 0 Å². The predicted molar refractivity (Wildman–Crippen MR) is 77.4 cm³/mol. The average Bonchev–Trinajstić information content (AvgIpc) is 2.38. The van der Waals surface area contributed by atoms with Gasteiger partial charge in [-0.2, -0.15) is 13.2 Å². The number of halogens is 4. The minimum Gasteiger partial charge on any atom is -0.398 e. The summed E-state index contributed by atoms with van der Waals surface area (Å²) in [7, 11) is -1.52. The van der Waals surface area contributed by atoms with Gasteiger partial charge in [0.2, 0.25) is 0 Å². The molecule has 0 heterocycles. The minimum absolute atomic E-state index is 0.0477. The zero-order valence-corrected chi connectivity index (χ0v) is 12.2. The highest BCUT2D eigenvalue weighted by atomic mass is 35.5. The Hall–Kier alpha value is -1.53. The Morgan fingerprint density at radius 2 is 1.71 bits per heavy atom. The highest BCUT2D eigenvalue weighted by Gasteiger charge is 2.30. The Balaban J connectivity index is 2.21. The molecule has 21 heavy (non-hydrogen) atoms. The number of hydrogen-bond donors (Lipinski definition) is 1. The molecule has 112 valence electrons. The van der Waals surface area contributed by atoms with E-state index in [0.717, 1.165) is 12.1 Å². The summed E-state index contributed by atoms with van der Waals surface area (Å²) >= 11 is 5.95. The Morgan fingerprint density at radius 1 is 1.10 bits per heavy atom. The van der Waals surface area contributed by atoms with E-state index < -0.39 is 22.5 Å². The molecule has 0 saturated carbocycles. The van der Waals surface area contributed by atoms with Crippen LogP contribution in [0.4, 0.5) is 18.9 Å². The van der Waals surface area contributed by atoms with Crippen molar-refractivity contribution in [2.24, 2.45) is 0 Å². The van der Waals surface area contributed by atoms with Crippen LogP contribution in [0.5, 0.6) is 0 Å². The summed E-state index contributed by atoms with van der Waals surface area (Å²) in [4.78, 5) is 0.305. The van der Waals surface area contributed by atoms with Crippen LogP contribution >= 0.6 is 11.6 Å². The number of benzene rings is 2. The maximum atomic E-state index is 12.5. The van der Waals surface area contributed by atoms with Crippen LogP contribution in [0.15, 0.2) is 47.4 Å². The fourth-order valence-corrected chi connectivity index (χ4v) is 3.48. The lowest BCUT2D eigenvalue weighted by Crippen LogP contribution is -2.05. The highest BCUT2D eigenvalue weighted by Crippen LogP contribution is 2.30. The number of nitrogens with two attached hydrogens (primary N) is 1. The van der Waals surface area contributed by atoms with E-state index in [-0.39, 0.29) is 10.8 Å². The zero-order valence-electron chi connectivity index (χ0n) is 10.7. The molecule has 0 aromatic heterocycles. The standard InChI is InChI=1S/C14H11ClF3NOS/c15-11-2-1-3-12(19)13(11)21(20)8-9-4-6-10(7-5-9)14(16,17)18/h1-7H,8,19H2. The molecular formula is C14H11ClF3NOS. The van der Waals surface area contributed by atoms with Crippen molar-refractivity contribution in [3.05, 3.63) is 58.6 Å². The maximum Gasteiger partial charge on any atom is 0.416 e. The van der Waals surface area contributed by atoms with Gasteiger partial charge in [-0.15, -0.1) is 0 Å². The first-order chi connectivity index (χ1) is 9.79. The summed E-state index contributed by atoms with van der Waals surface area (Å²) in [6, 6.07) is 9.30. The first-order valence-electron chi connectivity index (χ1n) is 5.87. The van der Waals surface area contributed by atoms with Gasteiger partial charge >= 0.3 is 6.18 Å². The Bertz CT molecular complexity index is 651. The van der Waals surface area contributed by atoms with Crippen LogP contribution in [0.25, 0.3) is 0 Å². The lowest BCUT2D eigenvalue weighted by atomic mass is 10.1. The molecule has 0 aliphatic carbocycles. The van der Waals surface area contributed by atoms with E-state index in [1.165, 1.54) is 12.1 Å². The quantitative estimate of drug-likeness (QED) is 0.853. The molecule has 2 aromatic carbocycles. The molecule has 0 fully saturated rings. The summed E-state index contributed by atoms with van der Waals surface area (Å²) in [5.74, 6) is 0.0477.